The Morgan fingerprint density at radius 2 is 1.95 bits per heavy atom. The van der Waals surface area contributed by atoms with Gasteiger partial charge in [0.1, 0.15) is 5.60 Å². The molecular weight excluding hydrogens is 326 g/mol. The number of carboxylic acids is 1. The Balaban J connectivity index is 3.01. The van der Waals surface area contributed by atoms with Crippen molar-refractivity contribution in [2.45, 2.75) is 39.2 Å². The van der Waals surface area contributed by atoms with Crippen LogP contribution in [0.2, 0.25) is 0 Å². The smallest absolute Gasteiger partial charge is 0.412 e. The van der Waals surface area contributed by atoms with E-state index in [1.807, 2.05) is 0 Å². The van der Waals surface area contributed by atoms with Crippen molar-refractivity contribution in [3.63, 3.8) is 0 Å². The molecule has 0 saturated heterocycles. The van der Waals surface area contributed by atoms with Gasteiger partial charge in [0.2, 0.25) is 0 Å². The lowest BCUT2D eigenvalue weighted by atomic mass is 9.99. The molecule has 110 valence electrons. The fraction of sp³-hybridized carbons (Fsp3) is 0.429. The first-order chi connectivity index (χ1) is 9.10. The largest absolute Gasteiger partial charge is 0.481 e. The summed E-state index contributed by atoms with van der Waals surface area (Å²) in [5, 5.41) is 11.7. The van der Waals surface area contributed by atoms with Crippen molar-refractivity contribution in [1.29, 1.82) is 0 Å². The summed E-state index contributed by atoms with van der Waals surface area (Å²) in [6.45, 7) is 6.84. The summed E-state index contributed by atoms with van der Waals surface area (Å²) in [6, 6.07) is 5.04. The van der Waals surface area contributed by atoms with E-state index in [0.29, 0.717) is 11.3 Å². The number of carbonyl (C=O) groups excluding carboxylic acids is 1. The lowest BCUT2D eigenvalue weighted by Gasteiger charge is -2.21. The van der Waals surface area contributed by atoms with E-state index in [0.717, 1.165) is 4.47 Å². The highest BCUT2D eigenvalue weighted by molar-refractivity contribution is 9.10. The quantitative estimate of drug-likeness (QED) is 0.870. The van der Waals surface area contributed by atoms with Crippen molar-refractivity contribution in [1.82, 2.24) is 0 Å². The van der Waals surface area contributed by atoms with Crippen molar-refractivity contribution >= 4 is 33.7 Å². The van der Waals surface area contributed by atoms with Crippen LogP contribution in [0.5, 0.6) is 0 Å². The molecule has 1 rings (SSSR count). The minimum Gasteiger partial charge on any atom is -0.481 e. The number of rotatable bonds is 3. The second-order valence-electron chi connectivity index (χ2n) is 5.42. The minimum absolute atomic E-state index is 0.420. The molecular formula is C14H18BrNO4. The normalized spacial score (nSPS) is 12.7. The van der Waals surface area contributed by atoms with E-state index < -0.39 is 23.6 Å². The van der Waals surface area contributed by atoms with Gasteiger partial charge in [-0.15, -0.1) is 0 Å². The second kappa shape index (κ2) is 6.26. The molecule has 0 heterocycles. The molecule has 0 aliphatic carbocycles. The molecule has 0 fully saturated rings. The summed E-state index contributed by atoms with van der Waals surface area (Å²) in [5.74, 6) is -1.69. The molecule has 6 heteroatoms. The molecule has 5 nitrogen and oxygen atoms in total. The number of hydrogen-bond donors (Lipinski definition) is 2. The van der Waals surface area contributed by atoms with Gasteiger partial charge < -0.3 is 9.84 Å². The summed E-state index contributed by atoms with van der Waals surface area (Å²) >= 11 is 3.29. The van der Waals surface area contributed by atoms with E-state index in [-0.39, 0.29) is 0 Å². The number of aliphatic carboxylic acids is 1. The van der Waals surface area contributed by atoms with E-state index in [9.17, 15) is 9.59 Å². The van der Waals surface area contributed by atoms with Crippen LogP contribution in [0.4, 0.5) is 10.5 Å². The Morgan fingerprint density at radius 3 is 2.45 bits per heavy atom. The van der Waals surface area contributed by atoms with Crippen LogP contribution in [0, 0.1) is 0 Å². The van der Waals surface area contributed by atoms with Crippen LogP contribution in [0.3, 0.4) is 0 Å². The van der Waals surface area contributed by atoms with Gasteiger partial charge in [-0.2, -0.15) is 0 Å². The van der Waals surface area contributed by atoms with Crippen LogP contribution in [0.25, 0.3) is 0 Å². The lowest BCUT2D eigenvalue weighted by Crippen LogP contribution is -2.27. The second-order valence-corrected chi connectivity index (χ2v) is 6.33. The highest BCUT2D eigenvalue weighted by atomic mass is 79.9. The third-order valence-corrected chi connectivity index (χ3v) is 2.98. The molecule has 0 aromatic heterocycles. The first-order valence-electron chi connectivity index (χ1n) is 6.12. The number of hydrogen-bond acceptors (Lipinski definition) is 3. The van der Waals surface area contributed by atoms with E-state index in [1.165, 1.54) is 0 Å². The highest BCUT2D eigenvalue weighted by Crippen LogP contribution is 2.28. The predicted octanol–water partition coefficient (Wildman–Crippen LogP) is 3.98. The summed E-state index contributed by atoms with van der Waals surface area (Å²) in [6.07, 6.45) is -0.616. The Labute approximate surface area is 126 Å². The molecule has 0 aliphatic heterocycles. The summed E-state index contributed by atoms with van der Waals surface area (Å²) < 4.78 is 5.90. The molecule has 1 aromatic carbocycles. The Hall–Kier alpha value is -1.56. The van der Waals surface area contributed by atoms with Crippen LogP contribution < -0.4 is 5.32 Å². The van der Waals surface area contributed by atoms with E-state index in [1.54, 1.807) is 45.9 Å². The number of carbonyl (C=O) groups is 2. The van der Waals surface area contributed by atoms with Crippen molar-refractivity contribution in [3.8, 4) is 0 Å². The first kappa shape index (κ1) is 16.5. The SMILES string of the molecule is CC(C(=O)O)c1ccc(Br)cc1NC(=O)OC(C)(C)C. The molecule has 1 atom stereocenters. The third-order valence-electron chi connectivity index (χ3n) is 2.49. The van der Waals surface area contributed by atoms with E-state index in [2.05, 4.69) is 21.2 Å². The molecule has 0 saturated carbocycles. The maximum atomic E-state index is 11.8. The molecule has 0 bridgehead atoms. The lowest BCUT2D eigenvalue weighted by molar-refractivity contribution is -0.138. The molecule has 2 N–H and O–H groups in total. The van der Waals surface area contributed by atoms with Crippen molar-refractivity contribution < 1.29 is 19.4 Å². The van der Waals surface area contributed by atoms with Gasteiger partial charge >= 0.3 is 12.1 Å². The number of amides is 1. The zero-order chi connectivity index (χ0) is 15.5. The van der Waals surface area contributed by atoms with Crippen LogP contribution >= 0.6 is 15.9 Å². The average molecular weight is 344 g/mol. The topological polar surface area (TPSA) is 75.6 Å². The van der Waals surface area contributed by atoms with Gasteiger partial charge in [0.25, 0.3) is 0 Å². The maximum Gasteiger partial charge on any atom is 0.412 e. The fourth-order valence-electron chi connectivity index (χ4n) is 1.56. The number of anilines is 1. The molecule has 0 aliphatic rings. The summed E-state index contributed by atoms with van der Waals surface area (Å²) in [5.41, 5.74) is 0.323. The fourth-order valence-corrected chi connectivity index (χ4v) is 1.92. The van der Waals surface area contributed by atoms with E-state index in [4.69, 9.17) is 9.84 Å². The van der Waals surface area contributed by atoms with Crippen molar-refractivity contribution in [3.05, 3.63) is 28.2 Å². The molecule has 1 amide bonds. The predicted molar refractivity (Wildman–Crippen MR) is 80.0 cm³/mol. The number of halogens is 1. The number of carboxylic acid groups (broad SMARTS) is 1. The Morgan fingerprint density at radius 1 is 1.35 bits per heavy atom. The molecule has 0 spiro atoms. The number of benzene rings is 1. The van der Waals surface area contributed by atoms with E-state index >= 15 is 0 Å². The molecule has 1 unspecified atom stereocenters. The zero-order valence-corrected chi connectivity index (χ0v) is 13.4. The van der Waals surface area contributed by atoms with Gasteiger partial charge in [-0.25, -0.2) is 4.79 Å². The Kier molecular flexibility index (Phi) is 5.16. The summed E-state index contributed by atoms with van der Waals surface area (Å²) in [4.78, 5) is 22.9. The molecule has 20 heavy (non-hydrogen) atoms. The number of nitrogens with one attached hydrogen (secondary N) is 1. The van der Waals surface area contributed by atoms with Gasteiger partial charge in [-0.3, -0.25) is 10.1 Å². The Bertz CT molecular complexity index is 522. The van der Waals surface area contributed by atoms with Gasteiger partial charge in [0.15, 0.2) is 0 Å². The van der Waals surface area contributed by atoms with Crippen molar-refractivity contribution in [2.24, 2.45) is 0 Å². The van der Waals surface area contributed by atoms with Gasteiger partial charge in [-0.1, -0.05) is 22.0 Å². The average Bonchev–Trinajstić information content (AvgIpc) is 2.25. The monoisotopic (exact) mass is 343 g/mol. The van der Waals surface area contributed by atoms with Gasteiger partial charge in [0.05, 0.1) is 5.92 Å². The summed E-state index contributed by atoms with van der Waals surface area (Å²) in [7, 11) is 0. The standard InChI is InChI=1S/C14H18BrNO4/c1-8(12(17)18)10-6-5-9(15)7-11(10)16-13(19)20-14(2,3)4/h5-8H,1-4H3,(H,16,19)(H,17,18). The highest BCUT2D eigenvalue weighted by Gasteiger charge is 2.21. The van der Waals surface area contributed by atoms with Crippen LogP contribution in [-0.4, -0.2) is 22.8 Å². The third kappa shape index (κ3) is 4.85. The zero-order valence-electron chi connectivity index (χ0n) is 11.9. The molecule has 1 aromatic rings. The van der Waals surface area contributed by atoms with Crippen LogP contribution in [0.1, 0.15) is 39.2 Å². The van der Waals surface area contributed by atoms with Gasteiger partial charge in [-0.05, 0) is 45.4 Å². The van der Waals surface area contributed by atoms with Crippen molar-refractivity contribution in [2.75, 3.05) is 5.32 Å². The molecule has 0 radical (unpaired) electrons. The number of ether oxygens (including phenoxy) is 1. The van der Waals surface area contributed by atoms with Gasteiger partial charge in [0, 0.05) is 10.2 Å². The van der Waals surface area contributed by atoms with Crippen LogP contribution in [-0.2, 0) is 9.53 Å². The maximum absolute atomic E-state index is 11.8. The minimum atomic E-state index is -0.959. The van der Waals surface area contributed by atoms with Crippen LogP contribution in [0.15, 0.2) is 22.7 Å². The first-order valence-corrected chi connectivity index (χ1v) is 6.91.